The Balaban J connectivity index is 1.68. The zero-order chi connectivity index (χ0) is 36.3. The molecule has 0 aliphatic rings. The van der Waals surface area contributed by atoms with Crippen LogP contribution < -0.4 is 5.73 Å². The van der Waals surface area contributed by atoms with Crippen molar-refractivity contribution < 1.29 is 57.0 Å². The molecule has 5 aromatic carbocycles. The molecule has 0 aromatic heterocycles. The Morgan fingerprint density at radius 2 is 1.12 bits per heavy atom. The largest absolute Gasteiger partial charge is 0.505 e. The summed E-state index contributed by atoms with van der Waals surface area (Å²) in [5, 5.41) is 26.5. The minimum atomic E-state index is -5.16. The third-order valence-electron chi connectivity index (χ3n) is 6.94. The predicted octanol–water partition coefficient (Wildman–Crippen LogP) is 5.41. The highest BCUT2D eigenvalue weighted by molar-refractivity contribution is 7.86. The molecule has 0 saturated heterocycles. The van der Waals surface area contributed by atoms with Gasteiger partial charge in [0, 0.05) is 16.2 Å². The lowest BCUT2D eigenvalue weighted by Gasteiger charge is -2.11. The van der Waals surface area contributed by atoms with E-state index in [-0.39, 0.29) is 49.1 Å². The summed E-state index contributed by atoms with van der Waals surface area (Å²) in [7, 11) is -19.3. The van der Waals surface area contributed by atoms with Gasteiger partial charge in [-0.15, -0.1) is 15.3 Å². The summed E-state index contributed by atoms with van der Waals surface area (Å²) in [5.41, 5.74) is 4.62. The van der Waals surface area contributed by atoms with E-state index in [2.05, 4.69) is 20.5 Å². The van der Waals surface area contributed by atoms with Gasteiger partial charge in [-0.1, -0.05) is 6.07 Å². The number of benzene rings is 5. The fourth-order valence-corrected chi connectivity index (χ4v) is 7.24. The Kier molecular flexibility index (Phi) is 8.80. The maximum absolute atomic E-state index is 12.3. The molecule has 0 amide bonds. The number of hydrogen-bond donors (Lipinski definition) is 6. The van der Waals surface area contributed by atoms with Crippen LogP contribution in [0.15, 0.2) is 107 Å². The number of phenolic OH excluding ortho intramolecular Hbond substituents is 1. The number of nitrogens with zero attached hydrogens (tertiary/aromatic N) is 4. The van der Waals surface area contributed by atoms with Crippen LogP contribution in [0.3, 0.4) is 0 Å². The molecule has 0 fully saturated rings. The number of fused-ring (bicyclic) bond motifs is 2. The number of aromatic hydroxyl groups is 1. The Labute approximate surface area is 277 Å². The molecule has 0 atom stereocenters. The zero-order valence-electron chi connectivity index (χ0n) is 24.4. The van der Waals surface area contributed by atoms with Crippen molar-refractivity contribution in [1.82, 2.24) is 0 Å². The number of hydrogen-bond acceptors (Lipinski definition) is 14. The summed E-state index contributed by atoms with van der Waals surface area (Å²) < 4.78 is 133. The minimum Gasteiger partial charge on any atom is -0.505 e. The van der Waals surface area contributed by atoms with Crippen LogP contribution in [0, 0.1) is 6.92 Å². The van der Waals surface area contributed by atoms with Crippen molar-refractivity contribution in [2.24, 2.45) is 20.5 Å². The summed E-state index contributed by atoms with van der Waals surface area (Å²) in [5.74, 6) is -0.902. The van der Waals surface area contributed by atoms with Gasteiger partial charge in [0.25, 0.3) is 40.5 Å². The van der Waals surface area contributed by atoms with Gasteiger partial charge in [0.1, 0.15) is 15.5 Å². The molecule has 256 valence electrons. The number of nitrogens with two attached hydrogens (primary N) is 1. The van der Waals surface area contributed by atoms with E-state index in [9.17, 15) is 57.0 Å². The number of phenols is 1. The summed E-state index contributed by atoms with van der Waals surface area (Å²) in [6.07, 6.45) is 0. The molecule has 0 heterocycles. The van der Waals surface area contributed by atoms with Crippen molar-refractivity contribution in [3.8, 4) is 5.75 Å². The number of azo groups is 2. The van der Waals surface area contributed by atoms with Gasteiger partial charge < -0.3 is 10.8 Å². The lowest BCUT2D eigenvalue weighted by Crippen LogP contribution is -2.04. The molecular formula is C27H21N5O13S4. The summed E-state index contributed by atoms with van der Waals surface area (Å²) in [4.78, 5) is -2.72. The van der Waals surface area contributed by atoms with Gasteiger partial charge >= 0.3 is 0 Å². The Morgan fingerprint density at radius 1 is 0.551 bits per heavy atom. The molecule has 0 radical (unpaired) electrons. The summed E-state index contributed by atoms with van der Waals surface area (Å²) in [6.45, 7) is 1.40. The highest BCUT2D eigenvalue weighted by Gasteiger charge is 2.25. The molecule has 7 N–H and O–H groups in total. The average Bonchev–Trinajstić information content (AvgIpc) is 2.97. The summed E-state index contributed by atoms with van der Waals surface area (Å²) in [6, 6.07) is 11.9. The third kappa shape index (κ3) is 7.25. The van der Waals surface area contributed by atoms with E-state index in [0.717, 1.165) is 36.4 Å². The first kappa shape index (κ1) is 35.4. The van der Waals surface area contributed by atoms with Gasteiger partial charge in [-0.05, 0) is 78.5 Å². The second kappa shape index (κ2) is 12.2. The Morgan fingerprint density at radius 3 is 1.69 bits per heavy atom. The van der Waals surface area contributed by atoms with Gasteiger partial charge in [-0.2, -0.15) is 38.8 Å². The molecule has 22 heteroatoms. The maximum Gasteiger partial charge on any atom is 0.296 e. The number of nitrogen functional groups attached to an aromatic ring is 1. The summed E-state index contributed by atoms with van der Waals surface area (Å²) >= 11 is 0. The van der Waals surface area contributed by atoms with E-state index in [1.54, 1.807) is 0 Å². The molecule has 0 bridgehead atoms. The first-order valence-electron chi connectivity index (χ1n) is 13.1. The predicted molar refractivity (Wildman–Crippen MR) is 173 cm³/mol. The molecule has 49 heavy (non-hydrogen) atoms. The zero-order valence-corrected chi connectivity index (χ0v) is 27.6. The monoisotopic (exact) mass is 751 g/mol. The first-order valence-corrected chi connectivity index (χ1v) is 18.8. The van der Waals surface area contributed by atoms with Crippen LogP contribution >= 0.6 is 0 Å². The lowest BCUT2D eigenvalue weighted by atomic mass is 10.1. The fourth-order valence-electron chi connectivity index (χ4n) is 4.74. The first-order chi connectivity index (χ1) is 22.6. The molecule has 18 nitrogen and oxygen atoms in total. The molecule has 5 aromatic rings. The second-order valence-corrected chi connectivity index (χ2v) is 15.8. The van der Waals surface area contributed by atoms with Crippen LogP contribution in [0.1, 0.15) is 5.56 Å². The highest BCUT2D eigenvalue weighted by atomic mass is 32.2. The number of anilines is 1. The van der Waals surface area contributed by atoms with Crippen LogP contribution in [0.2, 0.25) is 0 Å². The smallest absolute Gasteiger partial charge is 0.296 e. The molecule has 5 rings (SSSR count). The van der Waals surface area contributed by atoms with Crippen molar-refractivity contribution in [2.45, 2.75) is 26.5 Å². The van der Waals surface area contributed by atoms with Crippen molar-refractivity contribution in [3.05, 3.63) is 72.3 Å². The Bertz CT molecular complexity index is 2750. The van der Waals surface area contributed by atoms with Gasteiger partial charge in [-0.25, -0.2) is 0 Å². The van der Waals surface area contributed by atoms with Crippen molar-refractivity contribution in [3.63, 3.8) is 0 Å². The van der Waals surface area contributed by atoms with E-state index >= 15 is 0 Å². The third-order valence-corrected chi connectivity index (χ3v) is 10.6. The molecule has 0 unspecified atom stereocenters. The van der Waals surface area contributed by atoms with Gasteiger partial charge in [0.2, 0.25) is 0 Å². The molecule has 0 spiro atoms. The maximum atomic E-state index is 12.3. The quantitative estimate of drug-likeness (QED) is 0.0656. The molecule has 0 aliphatic heterocycles. The van der Waals surface area contributed by atoms with Gasteiger partial charge in [0.05, 0.1) is 32.5 Å². The van der Waals surface area contributed by atoms with Crippen molar-refractivity contribution in [1.29, 1.82) is 0 Å². The van der Waals surface area contributed by atoms with E-state index < -0.39 is 72.3 Å². The standard InChI is InChI=1S/C27H21N5O13S4/c1-13-8-15(2-7-23(13)47(37,38)39)29-30-22-6-5-21(17-4-3-16(11-19(17)22)46(34,35)36)31-32-26-25(49(43,44)45)10-14-9-24(48(40,41)42)20(28)12-18(14)27(26)33/h2-12,33H,28H2,1H3,(H,34,35,36)(H,37,38,39)(H,40,41,42)(H,43,44,45)/b30-29+,32-31+. The second-order valence-electron chi connectivity index (χ2n) is 10.2. The topological polar surface area (TPSA) is 313 Å². The molecular weight excluding hydrogens is 731 g/mol. The van der Waals surface area contributed by atoms with E-state index in [0.29, 0.717) is 0 Å². The molecule has 0 aliphatic carbocycles. The van der Waals surface area contributed by atoms with Crippen LogP contribution in [0.5, 0.6) is 5.75 Å². The Hall–Kier alpha value is -4.94. The van der Waals surface area contributed by atoms with Crippen LogP contribution in [0.4, 0.5) is 28.4 Å². The fraction of sp³-hybridized carbons (Fsp3) is 0.0370. The average molecular weight is 752 g/mol. The van der Waals surface area contributed by atoms with Crippen molar-refractivity contribution in [2.75, 3.05) is 5.73 Å². The van der Waals surface area contributed by atoms with Crippen LogP contribution in [-0.4, -0.2) is 57.0 Å². The lowest BCUT2D eigenvalue weighted by molar-refractivity contribution is 0.472. The minimum absolute atomic E-state index is 0.00764. The number of aryl methyl sites for hydroxylation is 1. The van der Waals surface area contributed by atoms with Crippen LogP contribution in [0.25, 0.3) is 21.5 Å². The van der Waals surface area contributed by atoms with Crippen LogP contribution in [-0.2, 0) is 40.5 Å². The van der Waals surface area contributed by atoms with E-state index in [1.165, 1.54) is 37.3 Å². The van der Waals surface area contributed by atoms with E-state index in [4.69, 9.17) is 5.73 Å². The van der Waals surface area contributed by atoms with E-state index in [1.807, 2.05) is 0 Å². The van der Waals surface area contributed by atoms with Crippen molar-refractivity contribution >= 4 is 90.5 Å². The van der Waals surface area contributed by atoms with Gasteiger partial charge in [0.15, 0.2) is 5.75 Å². The highest BCUT2D eigenvalue weighted by Crippen LogP contribution is 2.44. The van der Waals surface area contributed by atoms with Gasteiger partial charge in [-0.3, -0.25) is 18.2 Å². The molecule has 0 saturated carbocycles. The number of rotatable bonds is 8. The normalized spacial score (nSPS) is 13.2. The SMILES string of the molecule is Cc1cc(/N=N/c2ccc(/N=N/c3c(S(=O)(=O)O)cc4cc(S(=O)(=O)O)c(N)cc4c3O)c3ccc(S(=O)(=O)O)cc23)ccc1S(=O)(=O)O.